The predicted molar refractivity (Wildman–Crippen MR) is 112 cm³/mol. The van der Waals surface area contributed by atoms with Gasteiger partial charge in [-0.2, -0.15) is 0 Å². The van der Waals surface area contributed by atoms with Crippen molar-refractivity contribution in [3.63, 3.8) is 0 Å². The minimum atomic E-state index is -0.968. The minimum absolute atomic E-state index is 0.0160. The summed E-state index contributed by atoms with van der Waals surface area (Å²) in [6, 6.07) is 19.8. The summed E-state index contributed by atoms with van der Waals surface area (Å²) in [6.07, 6.45) is 0.397. The zero-order valence-corrected chi connectivity index (χ0v) is 16.7. The summed E-state index contributed by atoms with van der Waals surface area (Å²) in [6.45, 7) is 1.94. The Bertz CT molecular complexity index is 1150. The Balaban J connectivity index is 1.60. The van der Waals surface area contributed by atoms with Gasteiger partial charge in [0.25, 0.3) is 0 Å². The summed E-state index contributed by atoms with van der Waals surface area (Å²) in [5, 5.41) is 0. The van der Waals surface area contributed by atoms with Crippen LogP contribution in [0.1, 0.15) is 34.5 Å². The molecule has 1 atom stereocenters. The Kier molecular flexibility index (Phi) is 5.80. The maximum Gasteiger partial charge on any atom is 0.352 e. The molecule has 0 saturated carbocycles. The molecule has 1 aliphatic heterocycles. The quantitative estimate of drug-likeness (QED) is 0.411. The molecule has 1 aliphatic rings. The Morgan fingerprint density at radius 2 is 1.81 bits per heavy atom. The summed E-state index contributed by atoms with van der Waals surface area (Å²) < 4.78 is 30.6. The molecule has 1 heterocycles. The third-order valence-electron chi connectivity index (χ3n) is 4.69. The molecule has 1 unspecified atom stereocenters. The molecule has 3 aromatic carbocycles. The molecule has 0 bridgehead atoms. The van der Waals surface area contributed by atoms with Gasteiger partial charge in [-0.3, -0.25) is 4.79 Å². The second kappa shape index (κ2) is 8.83. The highest BCUT2D eigenvalue weighted by atomic mass is 19.1. The fraction of sp³-hybridized carbons (Fsp3) is 0.120. The molecule has 0 saturated heterocycles. The highest BCUT2D eigenvalue weighted by Gasteiger charge is 2.29. The van der Waals surface area contributed by atoms with E-state index in [0.29, 0.717) is 16.9 Å². The molecule has 3 aromatic rings. The lowest BCUT2D eigenvalue weighted by Gasteiger charge is -2.18. The van der Waals surface area contributed by atoms with Crippen LogP contribution in [0.25, 0.3) is 6.08 Å². The Hall–Kier alpha value is -3.93. The number of carbonyl (C=O) groups excluding carboxylic acids is 2. The second-order valence-electron chi connectivity index (χ2n) is 6.78. The van der Waals surface area contributed by atoms with Gasteiger partial charge in [0.2, 0.25) is 11.9 Å². The van der Waals surface area contributed by atoms with Crippen molar-refractivity contribution in [3.8, 4) is 11.5 Å². The summed E-state index contributed by atoms with van der Waals surface area (Å²) >= 11 is 0. The van der Waals surface area contributed by atoms with Gasteiger partial charge in [0, 0.05) is 17.2 Å². The zero-order chi connectivity index (χ0) is 21.8. The Morgan fingerprint density at radius 3 is 2.55 bits per heavy atom. The zero-order valence-electron chi connectivity index (χ0n) is 16.7. The fourth-order valence-corrected chi connectivity index (χ4v) is 3.21. The number of rotatable bonds is 6. The molecule has 0 aromatic heterocycles. The van der Waals surface area contributed by atoms with Crippen molar-refractivity contribution in [1.82, 2.24) is 0 Å². The molecule has 6 heteroatoms. The smallest absolute Gasteiger partial charge is 0.352 e. The Labute approximate surface area is 178 Å². The number of Topliss-reactive ketones (excluding diaryl/α,β-unsaturated/α-hetero) is 1. The van der Waals surface area contributed by atoms with Gasteiger partial charge in [-0.1, -0.05) is 48.5 Å². The van der Waals surface area contributed by atoms with Gasteiger partial charge in [0.15, 0.2) is 5.76 Å². The number of fused-ring (bicyclic) bond motifs is 1. The van der Waals surface area contributed by atoms with Gasteiger partial charge in [-0.05, 0) is 31.2 Å². The number of benzene rings is 3. The number of hydrogen-bond donors (Lipinski definition) is 0. The van der Waals surface area contributed by atoms with Crippen molar-refractivity contribution in [1.29, 1.82) is 0 Å². The fourth-order valence-electron chi connectivity index (χ4n) is 3.21. The van der Waals surface area contributed by atoms with Crippen LogP contribution >= 0.6 is 0 Å². The van der Waals surface area contributed by atoms with Crippen molar-refractivity contribution in [2.45, 2.75) is 13.0 Å². The number of carbonyl (C=O) groups is 2. The lowest BCUT2D eigenvalue weighted by atomic mass is 10.1. The average molecular weight is 418 g/mol. The molecule has 5 nitrogen and oxygen atoms in total. The maximum atomic E-state index is 13.9. The number of hydrogen-bond acceptors (Lipinski definition) is 5. The largest absolute Gasteiger partial charge is 0.474 e. The molecule has 31 heavy (non-hydrogen) atoms. The van der Waals surface area contributed by atoms with Crippen LogP contribution in [0.15, 0.2) is 78.6 Å². The molecule has 0 fully saturated rings. The molecular weight excluding hydrogens is 399 g/mol. The van der Waals surface area contributed by atoms with E-state index in [0.717, 1.165) is 0 Å². The summed E-state index contributed by atoms with van der Waals surface area (Å²) in [4.78, 5) is 25.1. The van der Waals surface area contributed by atoms with Crippen LogP contribution in [-0.2, 0) is 9.53 Å². The standard InChI is InChI=1S/C25H19FO5/c1-2-29-25(28)24(16-8-4-3-5-9-16)30-18-12-13-19-21(15-18)31-22(23(19)27)14-17-10-6-7-11-20(17)26/h3-15,24H,2H2,1H3. The van der Waals surface area contributed by atoms with Gasteiger partial charge in [-0.15, -0.1) is 0 Å². The van der Waals surface area contributed by atoms with E-state index in [1.54, 1.807) is 61.5 Å². The van der Waals surface area contributed by atoms with Crippen LogP contribution in [0.4, 0.5) is 4.39 Å². The first kappa shape index (κ1) is 20.3. The van der Waals surface area contributed by atoms with Crippen LogP contribution in [0.2, 0.25) is 0 Å². The van der Waals surface area contributed by atoms with E-state index in [9.17, 15) is 14.0 Å². The van der Waals surface area contributed by atoms with Crippen molar-refractivity contribution >= 4 is 17.8 Å². The lowest BCUT2D eigenvalue weighted by Crippen LogP contribution is -2.21. The van der Waals surface area contributed by atoms with Crippen LogP contribution in [0.3, 0.4) is 0 Å². The summed E-state index contributed by atoms with van der Waals surface area (Å²) in [5.41, 5.74) is 1.22. The van der Waals surface area contributed by atoms with E-state index in [1.165, 1.54) is 18.2 Å². The number of esters is 1. The number of allylic oxidation sites excluding steroid dienone is 1. The van der Waals surface area contributed by atoms with Crippen LogP contribution in [0.5, 0.6) is 11.5 Å². The highest BCUT2D eigenvalue weighted by molar-refractivity contribution is 6.14. The third kappa shape index (κ3) is 4.33. The first-order valence-corrected chi connectivity index (χ1v) is 9.78. The van der Waals surface area contributed by atoms with E-state index in [4.69, 9.17) is 14.2 Å². The molecule has 0 spiro atoms. The summed E-state index contributed by atoms with van der Waals surface area (Å²) in [5.74, 6) is -0.698. The average Bonchev–Trinajstić information content (AvgIpc) is 3.09. The monoisotopic (exact) mass is 418 g/mol. The maximum absolute atomic E-state index is 13.9. The van der Waals surface area contributed by atoms with E-state index in [1.807, 2.05) is 6.07 Å². The first-order valence-electron chi connectivity index (χ1n) is 9.78. The van der Waals surface area contributed by atoms with Gasteiger partial charge in [-0.25, -0.2) is 9.18 Å². The van der Waals surface area contributed by atoms with Gasteiger partial charge in [0.1, 0.15) is 17.3 Å². The Morgan fingerprint density at radius 1 is 1.06 bits per heavy atom. The van der Waals surface area contributed by atoms with Crippen LogP contribution in [0, 0.1) is 5.82 Å². The molecule has 156 valence electrons. The van der Waals surface area contributed by atoms with Crippen molar-refractivity contribution in [3.05, 3.63) is 101 Å². The molecular formula is C25H19FO5. The van der Waals surface area contributed by atoms with Gasteiger partial charge < -0.3 is 14.2 Å². The van der Waals surface area contributed by atoms with E-state index < -0.39 is 17.9 Å². The van der Waals surface area contributed by atoms with Crippen molar-refractivity contribution < 1.29 is 28.2 Å². The number of ether oxygens (including phenoxy) is 3. The van der Waals surface area contributed by atoms with E-state index >= 15 is 0 Å². The predicted octanol–water partition coefficient (Wildman–Crippen LogP) is 5.13. The van der Waals surface area contributed by atoms with E-state index in [-0.39, 0.29) is 29.5 Å². The normalized spacial score (nSPS) is 14.6. The van der Waals surface area contributed by atoms with Crippen molar-refractivity contribution in [2.24, 2.45) is 0 Å². The second-order valence-corrected chi connectivity index (χ2v) is 6.78. The van der Waals surface area contributed by atoms with Gasteiger partial charge in [0.05, 0.1) is 12.2 Å². The summed E-state index contributed by atoms with van der Waals surface area (Å²) in [7, 11) is 0. The highest BCUT2D eigenvalue weighted by Crippen LogP contribution is 2.36. The van der Waals surface area contributed by atoms with Gasteiger partial charge >= 0.3 is 5.97 Å². The number of ketones is 1. The molecule has 0 aliphatic carbocycles. The first-order chi connectivity index (χ1) is 15.1. The molecule has 0 amide bonds. The topological polar surface area (TPSA) is 61.8 Å². The molecule has 4 rings (SSSR count). The minimum Gasteiger partial charge on any atom is -0.474 e. The number of halogens is 1. The SMILES string of the molecule is CCOC(=O)C(Oc1ccc2c(c1)OC(=Cc1ccccc1F)C2=O)c1ccccc1. The van der Waals surface area contributed by atoms with Crippen LogP contribution in [-0.4, -0.2) is 18.4 Å². The molecule has 0 N–H and O–H groups in total. The lowest BCUT2D eigenvalue weighted by molar-refractivity contribution is -0.151. The third-order valence-corrected chi connectivity index (χ3v) is 4.69. The van der Waals surface area contributed by atoms with Crippen LogP contribution < -0.4 is 9.47 Å². The molecule has 0 radical (unpaired) electrons. The van der Waals surface area contributed by atoms with E-state index in [2.05, 4.69) is 0 Å². The van der Waals surface area contributed by atoms with Crippen molar-refractivity contribution in [2.75, 3.05) is 6.61 Å².